The van der Waals surface area contributed by atoms with Crippen LogP contribution in [0.1, 0.15) is 6.92 Å². The Hall–Kier alpha value is -0.160. The number of hydrogen-bond acceptors (Lipinski definition) is 4. The quantitative estimate of drug-likeness (QED) is 0.601. The van der Waals surface area contributed by atoms with Crippen molar-refractivity contribution < 1.29 is 9.47 Å². The highest BCUT2D eigenvalue weighted by Crippen LogP contribution is 2.04. The summed E-state index contributed by atoms with van der Waals surface area (Å²) in [4.78, 5) is 2.35. The van der Waals surface area contributed by atoms with E-state index in [0.717, 1.165) is 39.5 Å². The summed E-state index contributed by atoms with van der Waals surface area (Å²) in [5.74, 6) is 0. The van der Waals surface area contributed by atoms with Crippen LogP contribution in [0.3, 0.4) is 0 Å². The van der Waals surface area contributed by atoms with Gasteiger partial charge in [-0.25, -0.2) is 0 Å². The van der Waals surface area contributed by atoms with Gasteiger partial charge in [0.25, 0.3) is 0 Å². The third kappa shape index (κ3) is 3.60. The van der Waals surface area contributed by atoms with Gasteiger partial charge in [-0.2, -0.15) is 0 Å². The monoisotopic (exact) mass is 188 g/mol. The summed E-state index contributed by atoms with van der Waals surface area (Å²) in [6.07, 6.45) is 0. The van der Waals surface area contributed by atoms with Gasteiger partial charge in [-0.3, -0.25) is 4.90 Å². The molecule has 13 heavy (non-hydrogen) atoms. The van der Waals surface area contributed by atoms with E-state index in [4.69, 9.17) is 15.2 Å². The van der Waals surface area contributed by atoms with Crippen LogP contribution >= 0.6 is 0 Å². The molecule has 0 aromatic heterocycles. The largest absolute Gasteiger partial charge is 0.380 e. The molecule has 4 nitrogen and oxygen atoms in total. The van der Waals surface area contributed by atoms with Gasteiger partial charge in [-0.15, -0.1) is 0 Å². The summed E-state index contributed by atoms with van der Waals surface area (Å²) in [6, 6.07) is 0.384. The fourth-order valence-electron chi connectivity index (χ4n) is 1.53. The minimum atomic E-state index is 0.384. The van der Waals surface area contributed by atoms with Crippen molar-refractivity contribution in [3.8, 4) is 0 Å². The lowest BCUT2D eigenvalue weighted by Crippen LogP contribution is -2.50. The van der Waals surface area contributed by atoms with Crippen molar-refractivity contribution in [3.05, 3.63) is 0 Å². The zero-order valence-electron chi connectivity index (χ0n) is 8.37. The molecule has 4 heteroatoms. The first kappa shape index (κ1) is 10.9. The van der Waals surface area contributed by atoms with E-state index in [-0.39, 0.29) is 0 Å². The fourth-order valence-corrected chi connectivity index (χ4v) is 1.53. The number of hydrogen-bond donors (Lipinski definition) is 1. The molecule has 0 amide bonds. The van der Waals surface area contributed by atoms with E-state index in [0.29, 0.717) is 12.6 Å². The topological polar surface area (TPSA) is 47.7 Å². The average Bonchev–Trinajstić information content (AvgIpc) is 2.19. The van der Waals surface area contributed by atoms with Crippen molar-refractivity contribution in [2.45, 2.75) is 13.0 Å². The minimum absolute atomic E-state index is 0.384. The van der Waals surface area contributed by atoms with Crippen molar-refractivity contribution in [2.24, 2.45) is 5.73 Å². The predicted octanol–water partition coefficient (Wildman–Crippen LogP) is -0.318. The second-order valence-electron chi connectivity index (χ2n) is 3.20. The molecule has 78 valence electrons. The molecule has 0 spiro atoms. The molecule has 0 aromatic carbocycles. The van der Waals surface area contributed by atoms with Crippen molar-refractivity contribution in [1.29, 1.82) is 0 Å². The third-order valence-corrected chi connectivity index (χ3v) is 2.35. The molecule has 2 N–H and O–H groups in total. The molecule has 1 fully saturated rings. The first-order valence-corrected chi connectivity index (χ1v) is 4.98. The second-order valence-corrected chi connectivity index (χ2v) is 3.20. The van der Waals surface area contributed by atoms with E-state index in [1.807, 2.05) is 6.92 Å². The number of ether oxygens (including phenoxy) is 2. The number of nitrogens with two attached hydrogens (primary N) is 1. The molecule has 1 aliphatic heterocycles. The van der Waals surface area contributed by atoms with Crippen LogP contribution in [-0.4, -0.2) is 57.0 Å². The van der Waals surface area contributed by atoms with Gasteiger partial charge in [0.15, 0.2) is 0 Å². The normalized spacial score (nSPS) is 24.9. The Labute approximate surface area is 80.0 Å². The molecule has 0 aliphatic carbocycles. The average molecular weight is 188 g/mol. The number of nitrogens with zero attached hydrogens (tertiary/aromatic N) is 1. The zero-order chi connectivity index (χ0) is 9.52. The van der Waals surface area contributed by atoms with Crippen LogP contribution in [0.4, 0.5) is 0 Å². The van der Waals surface area contributed by atoms with Crippen LogP contribution < -0.4 is 5.73 Å². The van der Waals surface area contributed by atoms with Crippen molar-refractivity contribution >= 4 is 0 Å². The minimum Gasteiger partial charge on any atom is -0.380 e. The van der Waals surface area contributed by atoms with Gasteiger partial charge in [0, 0.05) is 32.3 Å². The maximum atomic E-state index is 5.64. The van der Waals surface area contributed by atoms with Crippen molar-refractivity contribution in [2.75, 3.05) is 46.1 Å². The Bertz CT molecular complexity index is 133. The van der Waals surface area contributed by atoms with Gasteiger partial charge < -0.3 is 15.2 Å². The number of rotatable bonds is 5. The molecule has 1 heterocycles. The highest BCUT2D eigenvalue weighted by Gasteiger charge is 2.20. The van der Waals surface area contributed by atoms with Crippen LogP contribution in [-0.2, 0) is 9.47 Å². The summed E-state index contributed by atoms with van der Waals surface area (Å²) in [5.41, 5.74) is 5.64. The summed E-state index contributed by atoms with van der Waals surface area (Å²) in [5, 5.41) is 0. The zero-order valence-corrected chi connectivity index (χ0v) is 8.37. The van der Waals surface area contributed by atoms with Crippen LogP contribution in [0.5, 0.6) is 0 Å². The molecule has 0 saturated carbocycles. The van der Waals surface area contributed by atoms with Crippen molar-refractivity contribution in [3.63, 3.8) is 0 Å². The smallest absolute Gasteiger partial charge is 0.0634 e. The molecule has 1 saturated heterocycles. The third-order valence-electron chi connectivity index (χ3n) is 2.35. The van der Waals surface area contributed by atoms with E-state index in [1.165, 1.54) is 0 Å². The van der Waals surface area contributed by atoms with Gasteiger partial charge in [0.2, 0.25) is 0 Å². The lowest BCUT2D eigenvalue weighted by atomic mass is 10.2. The molecule has 1 aliphatic rings. The Morgan fingerprint density at radius 2 is 2.46 bits per heavy atom. The van der Waals surface area contributed by atoms with Gasteiger partial charge in [0.1, 0.15) is 0 Å². The van der Waals surface area contributed by atoms with E-state index in [9.17, 15) is 0 Å². The predicted molar refractivity (Wildman–Crippen MR) is 51.7 cm³/mol. The van der Waals surface area contributed by atoms with Crippen LogP contribution in [0, 0.1) is 0 Å². The lowest BCUT2D eigenvalue weighted by Gasteiger charge is -2.34. The van der Waals surface area contributed by atoms with Crippen LogP contribution in [0.15, 0.2) is 0 Å². The van der Waals surface area contributed by atoms with Gasteiger partial charge in [0.05, 0.1) is 19.8 Å². The van der Waals surface area contributed by atoms with Crippen LogP contribution in [0.25, 0.3) is 0 Å². The van der Waals surface area contributed by atoms with Crippen LogP contribution in [0.2, 0.25) is 0 Å². The molecular formula is C9H20N2O2. The first-order valence-electron chi connectivity index (χ1n) is 4.98. The SMILES string of the molecule is CCOCCN1CCOCC1CN. The highest BCUT2D eigenvalue weighted by atomic mass is 16.5. The van der Waals surface area contributed by atoms with E-state index in [1.54, 1.807) is 0 Å². The van der Waals surface area contributed by atoms with E-state index < -0.39 is 0 Å². The maximum absolute atomic E-state index is 5.64. The van der Waals surface area contributed by atoms with Gasteiger partial charge in [-0.05, 0) is 6.92 Å². The Balaban J connectivity index is 2.19. The summed E-state index contributed by atoms with van der Waals surface area (Å²) >= 11 is 0. The summed E-state index contributed by atoms with van der Waals surface area (Å²) in [7, 11) is 0. The Morgan fingerprint density at radius 1 is 1.62 bits per heavy atom. The second kappa shape index (κ2) is 6.32. The lowest BCUT2D eigenvalue weighted by molar-refractivity contribution is -0.0160. The van der Waals surface area contributed by atoms with Gasteiger partial charge in [-0.1, -0.05) is 0 Å². The van der Waals surface area contributed by atoms with Crippen molar-refractivity contribution in [1.82, 2.24) is 4.90 Å². The summed E-state index contributed by atoms with van der Waals surface area (Å²) < 4.78 is 10.7. The molecule has 1 atom stereocenters. The molecule has 0 bridgehead atoms. The number of morpholine rings is 1. The summed E-state index contributed by atoms with van der Waals surface area (Å²) in [6.45, 7) is 7.82. The molecular weight excluding hydrogens is 168 g/mol. The first-order chi connectivity index (χ1) is 6.38. The van der Waals surface area contributed by atoms with E-state index in [2.05, 4.69) is 4.90 Å². The molecule has 1 rings (SSSR count). The maximum Gasteiger partial charge on any atom is 0.0634 e. The Morgan fingerprint density at radius 3 is 3.15 bits per heavy atom. The van der Waals surface area contributed by atoms with E-state index >= 15 is 0 Å². The fraction of sp³-hybridized carbons (Fsp3) is 1.00. The highest BCUT2D eigenvalue weighted by molar-refractivity contribution is 4.75. The molecule has 1 unspecified atom stereocenters. The Kier molecular flexibility index (Phi) is 5.31. The van der Waals surface area contributed by atoms with Gasteiger partial charge >= 0.3 is 0 Å². The molecule has 0 radical (unpaired) electrons. The molecule has 0 aromatic rings. The standard InChI is InChI=1S/C9H20N2O2/c1-2-12-5-3-11-4-6-13-8-9(11)7-10/h9H,2-8,10H2,1H3.